The lowest BCUT2D eigenvalue weighted by molar-refractivity contribution is -0.130. The third kappa shape index (κ3) is 2.14. The lowest BCUT2D eigenvalue weighted by Crippen LogP contribution is -2.34. The Balaban J connectivity index is 1.90. The zero-order valence-corrected chi connectivity index (χ0v) is 10.8. The number of hydrogen-bond acceptors (Lipinski definition) is 3. The summed E-state index contributed by atoms with van der Waals surface area (Å²) in [4.78, 5) is 33.3. The van der Waals surface area contributed by atoms with E-state index in [4.69, 9.17) is 0 Å². The van der Waals surface area contributed by atoms with Crippen molar-refractivity contribution in [2.45, 2.75) is 26.3 Å². The topological polar surface area (TPSA) is 71.0 Å². The fourth-order valence-corrected chi connectivity index (χ4v) is 2.50. The Morgan fingerprint density at radius 1 is 1.42 bits per heavy atom. The second-order valence-electron chi connectivity index (χ2n) is 4.98. The molecule has 0 saturated carbocycles. The Morgan fingerprint density at radius 2 is 2.16 bits per heavy atom. The molecule has 100 valence electrons. The zero-order valence-electron chi connectivity index (χ0n) is 10.8. The highest BCUT2D eigenvalue weighted by atomic mass is 16.2. The number of aryl methyl sites for hydroxylation is 1. The molecule has 0 radical (unpaired) electrons. The molecule has 2 aromatic rings. The largest absolute Gasteiger partial charge is 0.343 e. The molecule has 6 nitrogen and oxygen atoms in total. The number of nitrogens with one attached hydrogen (secondary N) is 1. The number of H-pyrrole nitrogens is 1. The van der Waals surface area contributed by atoms with Crippen LogP contribution in [0.15, 0.2) is 17.2 Å². The number of carbonyl (C=O) groups excluding carboxylic acids is 1. The molecule has 0 unspecified atom stereocenters. The highest BCUT2D eigenvalue weighted by Crippen LogP contribution is 2.09. The summed E-state index contributed by atoms with van der Waals surface area (Å²) in [5, 5.41) is 0.536. The third-order valence-electron chi connectivity index (χ3n) is 3.51. The summed E-state index contributed by atoms with van der Waals surface area (Å²) in [5.41, 5.74) is 1.30. The minimum Gasteiger partial charge on any atom is -0.343 e. The van der Waals surface area contributed by atoms with Crippen molar-refractivity contribution in [3.8, 4) is 0 Å². The summed E-state index contributed by atoms with van der Waals surface area (Å²) in [6.45, 7) is 3.55. The first-order valence-corrected chi connectivity index (χ1v) is 6.48. The van der Waals surface area contributed by atoms with E-state index in [0.717, 1.165) is 31.6 Å². The molecule has 0 spiro atoms. The van der Waals surface area contributed by atoms with E-state index >= 15 is 0 Å². The minimum atomic E-state index is -0.165. The first kappa shape index (κ1) is 12.0. The van der Waals surface area contributed by atoms with Gasteiger partial charge < -0.3 is 9.88 Å². The normalized spacial score (nSPS) is 15.3. The van der Waals surface area contributed by atoms with Crippen LogP contribution in [0.1, 0.15) is 18.5 Å². The van der Waals surface area contributed by atoms with Crippen LogP contribution in [-0.2, 0) is 11.3 Å². The second-order valence-corrected chi connectivity index (χ2v) is 4.98. The number of fused-ring (bicyclic) bond motifs is 1. The maximum absolute atomic E-state index is 12.2. The van der Waals surface area contributed by atoms with Crippen LogP contribution in [0.4, 0.5) is 0 Å². The number of aromatic amines is 1. The lowest BCUT2D eigenvalue weighted by Gasteiger charge is -2.15. The number of hydrogen-bond donors (Lipinski definition) is 1. The van der Waals surface area contributed by atoms with Crippen LogP contribution in [0.25, 0.3) is 11.0 Å². The standard InChI is InChI=1S/C13H16N4O2/c1-9-6-10-12(15-9)14-8-17(13(10)19)7-11(18)16-4-2-3-5-16/h6,8,15H,2-5,7H2,1H3. The fraction of sp³-hybridized carbons (Fsp3) is 0.462. The molecule has 3 rings (SSSR count). The average Bonchev–Trinajstić information content (AvgIpc) is 3.01. The van der Waals surface area contributed by atoms with Crippen LogP contribution < -0.4 is 5.56 Å². The van der Waals surface area contributed by atoms with Gasteiger partial charge in [-0.15, -0.1) is 0 Å². The molecule has 0 aromatic carbocycles. The van der Waals surface area contributed by atoms with Gasteiger partial charge in [0.1, 0.15) is 18.5 Å². The van der Waals surface area contributed by atoms with E-state index < -0.39 is 0 Å². The predicted molar refractivity (Wildman–Crippen MR) is 70.9 cm³/mol. The molecule has 0 aliphatic carbocycles. The molecule has 1 saturated heterocycles. The van der Waals surface area contributed by atoms with Crippen molar-refractivity contribution in [3.05, 3.63) is 28.4 Å². The molecular formula is C13H16N4O2. The zero-order chi connectivity index (χ0) is 13.4. The minimum absolute atomic E-state index is 0.00647. The molecule has 3 heterocycles. The highest BCUT2D eigenvalue weighted by Gasteiger charge is 2.19. The van der Waals surface area contributed by atoms with Crippen molar-refractivity contribution in [2.75, 3.05) is 13.1 Å². The van der Waals surface area contributed by atoms with Gasteiger partial charge in [-0.1, -0.05) is 0 Å². The van der Waals surface area contributed by atoms with Crippen LogP contribution in [0.5, 0.6) is 0 Å². The van der Waals surface area contributed by atoms with Crippen molar-refractivity contribution >= 4 is 16.9 Å². The van der Waals surface area contributed by atoms with Crippen molar-refractivity contribution in [1.82, 2.24) is 19.4 Å². The van der Waals surface area contributed by atoms with Crippen molar-refractivity contribution in [3.63, 3.8) is 0 Å². The summed E-state index contributed by atoms with van der Waals surface area (Å²) < 4.78 is 1.39. The molecule has 0 bridgehead atoms. The quantitative estimate of drug-likeness (QED) is 0.862. The van der Waals surface area contributed by atoms with E-state index in [9.17, 15) is 9.59 Å². The van der Waals surface area contributed by atoms with E-state index in [1.54, 1.807) is 11.0 Å². The molecule has 1 amide bonds. The molecule has 1 aliphatic heterocycles. The fourth-order valence-electron chi connectivity index (χ4n) is 2.50. The van der Waals surface area contributed by atoms with Gasteiger partial charge in [0.05, 0.1) is 5.39 Å². The number of likely N-dealkylation sites (tertiary alicyclic amines) is 1. The third-order valence-corrected chi connectivity index (χ3v) is 3.51. The van der Waals surface area contributed by atoms with E-state index in [-0.39, 0.29) is 18.0 Å². The molecule has 19 heavy (non-hydrogen) atoms. The van der Waals surface area contributed by atoms with Gasteiger partial charge >= 0.3 is 0 Å². The van der Waals surface area contributed by atoms with Crippen LogP contribution in [0.3, 0.4) is 0 Å². The molecular weight excluding hydrogens is 244 g/mol. The van der Waals surface area contributed by atoms with Gasteiger partial charge in [-0.05, 0) is 25.8 Å². The van der Waals surface area contributed by atoms with Gasteiger partial charge in [0.2, 0.25) is 5.91 Å². The number of amides is 1. The van der Waals surface area contributed by atoms with Gasteiger partial charge in [-0.3, -0.25) is 14.2 Å². The van der Waals surface area contributed by atoms with Crippen LogP contribution in [0, 0.1) is 6.92 Å². The van der Waals surface area contributed by atoms with Crippen molar-refractivity contribution < 1.29 is 4.79 Å². The van der Waals surface area contributed by atoms with Crippen molar-refractivity contribution in [1.29, 1.82) is 0 Å². The van der Waals surface area contributed by atoms with Crippen LogP contribution >= 0.6 is 0 Å². The number of aromatic nitrogens is 3. The molecule has 2 aromatic heterocycles. The second kappa shape index (κ2) is 4.53. The number of rotatable bonds is 2. The highest BCUT2D eigenvalue weighted by molar-refractivity contribution is 5.78. The average molecular weight is 260 g/mol. The molecule has 1 aliphatic rings. The van der Waals surface area contributed by atoms with Crippen molar-refractivity contribution in [2.24, 2.45) is 0 Å². The molecule has 1 fully saturated rings. The predicted octanol–water partition coefficient (Wildman–Crippen LogP) is 0.655. The van der Waals surface area contributed by atoms with Crippen LogP contribution in [-0.4, -0.2) is 38.4 Å². The van der Waals surface area contributed by atoms with Gasteiger partial charge in [0.15, 0.2) is 0 Å². The summed E-state index contributed by atoms with van der Waals surface area (Å²) in [7, 11) is 0. The lowest BCUT2D eigenvalue weighted by atomic mass is 10.3. The van der Waals surface area contributed by atoms with E-state index in [1.165, 1.54) is 10.9 Å². The van der Waals surface area contributed by atoms with Gasteiger partial charge in [0.25, 0.3) is 5.56 Å². The summed E-state index contributed by atoms with van der Waals surface area (Å²) in [6.07, 6.45) is 3.54. The number of nitrogens with zero attached hydrogens (tertiary/aromatic N) is 3. The molecule has 0 atom stereocenters. The summed E-state index contributed by atoms with van der Waals surface area (Å²) in [5.74, 6) is -0.00647. The Hall–Kier alpha value is -2.11. The SMILES string of the molecule is Cc1cc2c(=O)n(CC(=O)N3CCCC3)cnc2[nH]1. The first-order valence-electron chi connectivity index (χ1n) is 6.48. The molecule has 1 N–H and O–H groups in total. The summed E-state index contributed by atoms with van der Waals surface area (Å²) in [6, 6.07) is 1.77. The van der Waals surface area contributed by atoms with E-state index in [1.807, 2.05) is 6.92 Å². The Bertz CT molecular complexity index is 679. The maximum Gasteiger partial charge on any atom is 0.263 e. The maximum atomic E-state index is 12.2. The molecule has 6 heteroatoms. The van der Waals surface area contributed by atoms with E-state index in [2.05, 4.69) is 9.97 Å². The van der Waals surface area contributed by atoms with Crippen LogP contribution in [0.2, 0.25) is 0 Å². The Morgan fingerprint density at radius 3 is 2.89 bits per heavy atom. The monoisotopic (exact) mass is 260 g/mol. The summed E-state index contributed by atoms with van der Waals surface area (Å²) >= 11 is 0. The van der Waals surface area contributed by atoms with Gasteiger partial charge in [-0.25, -0.2) is 4.98 Å². The van der Waals surface area contributed by atoms with Gasteiger partial charge in [0, 0.05) is 18.8 Å². The van der Waals surface area contributed by atoms with Gasteiger partial charge in [-0.2, -0.15) is 0 Å². The Labute approximate surface area is 110 Å². The first-order chi connectivity index (χ1) is 9.15. The smallest absolute Gasteiger partial charge is 0.263 e. The number of carbonyl (C=O) groups is 1. The Kier molecular flexibility index (Phi) is 2.85. The van der Waals surface area contributed by atoms with E-state index in [0.29, 0.717) is 11.0 Å².